The second-order valence-corrected chi connectivity index (χ2v) is 5.08. The van der Waals surface area contributed by atoms with Crippen LogP contribution in [0, 0.1) is 5.82 Å². The van der Waals surface area contributed by atoms with Crippen LogP contribution in [-0.2, 0) is 0 Å². The fraction of sp³-hybridized carbons (Fsp3) is 0. The maximum atomic E-state index is 13.1. The molecule has 0 atom stereocenters. The molecule has 0 saturated carbocycles. The Morgan fingerprint density at radius 2 is 2.00 bits per heavy atom. The van der Waals surface area contributed by atoms with Crippen molar-refractivity contribution in [3.05, 3.63) is 57.3 Å². The van der Waals surface area contributed by atoms with Crippen LogP contribution in [0.3, 0.4) is 0 Å². The third-order valence-corrected chi connectivity index (χ3v) is 3.42. The van der Waals surface area contributed by atoms with Crippen molar-refractivity contribution in [2.45, 2.75) is 0 Å². The quantitative estimate of drug-likeness (QED) is 0.807. The van der Waals surface area contributed by atoms with Gasteiger partial charge in [0, 0.05) is 10.2 Å². The Kier molecular flexibility index (Phi) is 4.07. The average molecular weight is 344 g/mol. The third kappa shape index (κ3) is 3.24. The van der Waals surface area contributed by atoms with E-state index in [0.717, 1.165) is 6.07 Å². The summed E-state index contributed by atoms with van der Waals surface area (Å²) in [5.41, 5.74) is 6.66. The summed E-state index contributed by atoms with van der Waals surface area (Å²) in [6.07, 6.45) is 0. The van der Waals surface area contributed by atoms with Crippen LogP contribution in [0.15, 0.2) is 40.9 Å². The SMILES string of the molecule is Nc1ccc(NC(=O)c2cc(F)ccc2Br)c(Cl)c1. The molecule has 1 amide bonds. The molecule has 6 heteroatoms. The Hall–Kier alpha value is -1.59. The summed E-state index contributed by atoms with van der Waals surface area (Å²) in [4.78, 5) is 12.0. The highest BCUT2D eigenvalue weighted by molar-refractivity contribution is 9.10. The fourth-order valence-electron chi connectivity index (χ4n) is 1.49. The zero-order valence-corrected chi connectivity index (χ0v) is 11.9. The smallest absolute Gasteiger partial charge is 0.256 e. The molecule has 2 aromatic rings. The number of halogens is 3. The molecule has 0 aromatic heterocycles. The second kappa shape index (κ2) is 5.59. The molecule has 3 nitrogen and oxygen atoms in total. The molecule has 19 heavy (non-hydrogen) atoms. The molecule has 0 fully saturated rings. The number of benzene rings is 2. The number of amides is 1. The van der Waals surface area contributed by atoms with Crippen molar-refractivity contribution in [1.29, 1.82) is 0 Å². The van der Waals surface area contributed by atoms with Gasteiger partial charge in [-0.15, -0.1) is 0 Å². The van der Waals surface area contributed by atoms with Crippen LogP contribution in [0.25, 0.3) is 0 Å². The predicted molar refractivity (Wildman–Crippen MR) is 77.9 cm³/mol. The third-order valence-electron chi connectivity index (χ3n) is 2.41. The van der Waals surface area contributed by atoms with Gasteiger partial charge in [0.15, 0.2) is 0 Å². The molecule has 0 saturated heterocycles. The number of hydrogen-bond acceptors (Lipinski definition) is 2. The molecular formula is C13H9BrClFN2O. The largest absolute Gasteiger partial charge is 0.399 e. The van der Waals surface area contributed by atoms with Gasteiger partial charge in [-0.25, -0.2) is 4.39 Å². The van der Waals surface area contributed by atoms with E-state index in [9.17, 15) is 9.18 Å². The Labute approximate surface area is 122 Å². The van der Waals surface area contributed by atoms with Crippen molar-refractivity contribution in [3.63, 3.8) is 0 Å². The minimum absolute atomic E-state index is 0.188. The Balaban J connectivity index is 2.28. The average Bonchev–Trinajstić information content (AvgIpc) is 2.35. The number of anilines is 2. The molecule has 2 rings (SSSR count). The minimum atomic E-state index is -0.489. The molecule has 0 spiro atoms. The number of carbonyl (C=O) groups excluding carboxylic acids is 1. The van der Waals surface area contributed by atoms with Crippen LogP contribution >= 0.6 is 27.5 Å². The van der Waals surface area contributed by atoms with Gasteiger partial charge in [0.25, 0.3) is 5.91 Å². The van der Waals surface area contributed by atoms with E-state index in [1.54, 1.807) is 12.1 Å². The van der Waals surface area contributed by atoms with Gasteiger partial charge in [0.1, 0.15) is 5.82 Å². The Morgan fingerprint density at radius 3 is 2.68 bits per heavy atom. The van der Waals surface area contributed by atoms with Gasteiger partial charge in [-0.2, -0.15) is 0 Å². The van der Waals surface area contributed by atoms with E-state index in [-0.39, 0.29) is 5.56 Å². The highest BCUT2D eigenvalue weighted by Crippen LogP contribution is 2.26. The molecule has 0 aliphatic rings. The van der Waals surface area contributed by atoms with E-state index < -0.39 is 11.7 Å². The summed E-state index contributed by atoms with van der Waals surface area (Å²) in [7, 11) is 0. The summed E-state index contributed by atoms with van der Waals surface area (Å²) in [5.74, 6) is -0.949. The summed E-state index contributed by atoms with van der Waals surface area (Å²) in [6, 6.07) is 8.60. The monoisotopic (exact) mass is 342 g/mol. The van der Waals surface area contributed by atoms with Crippen molar-refractivity contribution in [2.24, 2.45) is 0 Å². The van der Waals surface area contributed by atoms with Crippen LogP contribution in [0.1, 0.15) is 10.4 Å². The van der Waals surface area contributed by atoms with Crippen LogP contribution < -0.4 is 11.1 Å². The zero-order chi connectivity index (χ0) is 14.0. The maximum Gasteiger partial charge on any atom is 0.256 e. The molecule has 98 valence electrons. The van der Waals surface area contributed by atoms with Crippen LogP contribution in [-0.4, -0.2) is 5.91 Å². The molecular weight excluding hydrogens is 335 g/mol. The number of rotatable bonds is 2. The van der Waals surface area contributed by atoms with Crippen LogP contribution in [0.4, 0.5) is 15.8 Å². The topological polar surface area (TPSA) is 55.1 Å². The molecule has 0 bridgehead atoms. The second-order valence-electron chi connectivity index (χ2n) is 3.82. The van der Waals surface area contributed by atoms with Gasteiger partial charge in [0.05, 0.1) is 16.3 Å². The van der Waals surface area contributed by atoms with E-state index in [1.165, 1.54) is 18.2 Å². The maximum absolute atomic E-state index is 13.1. The van der Waals surface area contributed by atoms with Gasteiger partial charge in [-0.1, -0.05) is 11.6 Å². The lowest BCUT2D eigenvalue weighted by Gasteiger charge is -2.09. The van der Waals surface area contributed by atoms with E-state index >= 15 is 0 Å². The first-order valence-corrected chi connectivity index (χ1v) is 6.46. The van der Waals surface area contributed by atoms with Crippen molar-refractivity contribution < 1.29 is 9.18 Å². The van der Waals surface area contributed by atoms with Crippen LogP contribution in [0.5, 0.6) is 0 Å². The van der Waals surface area contributed by atoms with Gasteiger partial charge in [0.2, 0.25) is 0 Å². The lowest BCUT2D eigenvalue weighted by Crippen LogP contribution is -2.13. The Bertz CT molecular complexity index is 649. The normalized spacial score (nSPS) is 10.3. The number of nitrogens with two attached hydrogens (primary N) is 1. The van der Waals surface area contributed by atoms with Crippen molar-refractivity contribution in [3.8, 4) is 0 Å². The van der Waals surface area contributed by atoms with Gasteiger partial charge < -0.3 is 11.1 Å². The summed E-state index contributed by atoms with van der Waals surface area (Å²) in [5, 5.41) is 2.92. The molecule has 0 radical (unpaired) electrons. The first kappa shape index (κ1) is 13.8. The first-order chi connectivity index (χ1) is 8.97. The number of nitrogen functional groups attached to an aromatic ring is 1. The number of carbonyl (C=O) groups is 1. The summed E-state index contributed by atoms with van der Waals surface area (Å²) in [6.45, 7) is 0. The van der Waals surface area contributed by atoms with Gasteiger partial charge in [-0.3, -0.25) is 4.79 Å². The van der Waals surface area contributed by atoms with Crippen molar-refractivity contribution in [1.82, 2.24) is 0 Å². The highest BCUT2D eigenvalue weighted by atomic mass is 79.9. The summed E-state index contributed by atoms with van der Waals surface area (Å²) >= 11 is 9.15. The lowest BCUT2D eigenvalue weighted by atomic mass is 10.2. The minimum Gasteiger partial charge on any atom is -0.399 e. The molecule has 0 heterocycles. The molecule has 0 unspecified atom stereocenters. The standard InChI is InChI=1S/C13H9BrClFN2O/c14-10-3-1-7(16)5-9(10)13(19)18-12-4-2-8(17)6-11(12)15/h1-6H,17H2,(H,18,19). The highest BCUT2D eigenvalue weighted by Gasteiger charge is 2.13. The van der Waals surface area contributed by atoms with E-state index in [0.29, 0.717) is 20.9 Å². The van der Waals surface area contributed by atoms with E-state index in [1.807, 2.05) is 0 Å². The Morgan fingerprint density at radius 1 is 1.26 bits per heavy atom. The molecule has 0 aliphatic carbocycles. The van der Waals surface area contributed by atoms with Crippen molar-refractivity contribution in [2.75, 3.05) is 11.1 Å². The van der Waals surface area contributed by atoms with E-state index in [4.69, 9.17) is 17.3 Å². The van der Waals surface area contributed by atoms with E-state index in [2.05, 4.69) is 21.2 Å². The van der Waals surface area contributed by atoms with Gasteiger partial charge >= 0.3 is 0 Å². The van der Waals surface area contributed by atoms with Crippen LogP contribution in [0.2, 0.25) is 5.02 Å². The van der Waals surface area contributed by atoms with Gasteiger partial charge in [-0.05, 0) is 52.3 Å². The predicted octanol–water partition coefficient (Wildman–Crippen LogP) is 4.08. The number of nitrogens with one attached hydrogen (secondary N) is 1. The number of hydrogen-bond donors (Lipinski definition) is 2. The molecule has 3 N–H and O–H groups in total. The first-order valence-electron chi connectivity index (χ1n) is 5.29. The fourth-order valence-corrected chi connectivity index (χ4v) is 2.16. The zero-order valence-electron chi connectivity index (χ0n) is 9.58. The molecule has 2 aromatic carbocycles. The lowest BCUT2D eigenvalue weighted by molar-refractivity contribution is 0.102. The van der Waals surface area contributed by atoms with Crippen molar-refractivity contribution >= 4 is 44.8 Å². The molecule has 0 aliphatic heterocycles. The summed E-state index contributed by atoms with van der Waals surface area (Å²) < 4.78 is 13.6.